The average molecular weight is 326 g/mol. The van der Waals surface area contributed by atoms with E-state index in [1.807, 2.05) is 13.0 Å². The van der Waals surface area contributed by atoms with Crippen molar-refractivity contribution in [2.75, 3.05) is 36.9 Å². The van der Waals surface area contributed by atoms with E-state index in [-0.39, 0.29) is 5.69 Å². The number of ether oxygens (including phenoxy) is 1. The minimum absolute atomic E-state index is 0.0998. The van der Waals surface area contributed by atoms with Crippen molar-refractivity contribution in [2.24, 2.45) is 0 Å². The lowest BCUT2D eigenvalue weighted by molar-refractivity contribution is 0.122. The summed E-state index contributed by atoms with van der Waals surface area (Å²) in [4.78, 5) is 2.18. The van der Waals surface area contributed by atoms with E-state index in [2.05, 4.69) is 26.9 Å². The van der Waals surface area contributed by atoms with Crippen LogP contribution in [0.15, 0.2) is 18.2 Å². The molecule has 24 heavy (non-hydrogen) atoms. The number of nitrogens with two attached hydrogens (primary N) is 1. The molecular formula is C18H19FN4O. The minimum Gasteiger partial charge on any atom is -0.396 e. The Morgan fingerprint density at radius 2 is 1.96 bits per heavy atom. The van der Waals surface area contributed by atoms with Crippen molar-refractivity contribution in [3.8, 4) is 23.1 Å². The predicted octanol–water partition coefficient (Wildman–Crippen LogP) is 2.38. The highest BCUT2D eigenvalue weighted by Crippen LogP contribution is 2.29. The van der Waals surface area contributed by atoms with Crippen molar-refractivity contribution < 1.29 is 9.13 Å². The summed E-state index contributed by atoms with van der Waals surface area (Å²) < 4.78 is 19.0. The molecule has 0 bridgehead atoms. The van der Waals surface area contributed by atoms with Crippen LogP contribution < -0.4 is 10.6 Å². The van der Waals surface area contributed by atoms with Crippen molar-refractivity contribution in [2.45, 2.75) is 13.8 Å². The number of nitrogens with zero attached hydrogens (tertiary/aromatic N) is 3. The molecule has 2 N–H and O–H groups in total. The van der Waals surface area contributed by atoms with Gasteiger partial charge in [-0.1, -0.05) is 5.92 Å². The zero-order valence-electron chi connectivity index (χ0n) is 13.8. The van der Waals surface area contributed by atoms with E-state index in [4.69, 9.17) is 10.5 Å². The van der Waals surface area contributed by atoms with Crippen LogP contribution in [-0.2, 0) is 4.74 Å². The molecule has 3 rings (SSSR count). The number of anilines is 2. The Bertz CT molecular complexity index is 820. The summed E-state index contributed by atoms with van der Waals surface area (Å²) >= 11 is 0. The summed E-state index contributed by atoms with van der Waals surface area (Å²) in [7, 11) is 0. The first-order chi connectivity index (χ1) is 11.6. The van der Waals surface area contributed by atoms with Gasteiger partial charge in [0.2, 0.25) is 0 Å². The Morgan fingerprint density at radius 3 is 2.67 bits per heavy atom. The van der Waals surface area contributed by atoms with Crippen LogP contribution in [-0.4, -0.2) is 36.5 Å². The highest BCUT2D eigenvalue weighted by molar-refractivity contribution is 5.72. The van der Waals surface area contributed by atoms with E-state index in [9.17, 15) is 4.39 Å². The van der Waals surface area contributed by atoms with Crippen molar-refractivity contribution in [3.05, 3.63) is 35.3 Å². The Hall–Kier alpha value is -2.65. The molecule has 0 saturated carbocycles. The standard InChI is InChI=1S/C18H19FN4O/c1-3-4-16-18(23-5-7-24-8-6-23)11-17(22-21-16)13-10-15(20)14(19)9-12(13)2/h9-11H,5-8,20H2,1-2H3. The van der Waals surface area contributed by atoms with Crippen LogP contribution in [0, 0.1) is 24.6 Å². The molecule has 1 aliphatic heterocycles. The molecular weight excluding hydrogens is 307 g/mol. The number of benzene rings is 1. The molecule has 6 heteroatoms. The molecule has 1 aromatic carbocycles. The fourth-order valence-corrected chi connectivity index (χ4v) is 2.73. The van der Waals surface area contributed by atoms with Gasteiger partial charge in [0, 0.05) is 18.7 Å². The minimum atomic E-state index is -0.425. The largest absolute Gasteiger partial charge is 0.396 e. The summed E-state index contributed by atoms with van der Waals surface area (Å²) in [6, 6.07) is 4.96. The van der Waals surface area contributed by atoms with Gasteiger partial charge in [-0.2, -0.15) is 0 Å². The predicted molar refractivity (Wildman–Crippen MR) is 92.2 cm³/mol. The van der Waals surface area contributed by atoms with Crippen molar-refractivity contribution >= 4 is 11.4 Å². The van der Waals surface area contributed by atoms with Gasteiger partial charge in [-0.05, 0) is 43.5 Å². The summed E-state index contributed by atoms with van der Waals surface area (Å²) in [6.45, 7) is 6.47. The quantitative estimate of drug-likeness (QED) is 0.678. The number of nitrogen functional groups attached to an aromatic ring is 1. The van der Waals surface area contributed by atoms with E-state index in [1.54, 1.807) is 13.0 Å². The number of hydrogen-bond acceptors (Lipinski definition) is 5. The molecule has 0 amide bonds. The lowest BCUT2D eigenvalue weighted by atomic mass is 10.0. The van der Waals surface area contributed by atoms with Gasteiger partial charge in [0.15, 0.2) is 5.69 Å². The number of rotatable bonds is 2. The maximum absolute atomic E-state index is 13.6. The molecule has 1 aromatic heterocycles. The van der Waals surface area contributed by atoms with Gasteiger partial charge in [-0.25, -0.2) is 4.39 Å². The number of aryl methyl sites for hydroxylation is 1. The maximum Gasteiger partial charge on any atom is 0.159 e. The SMILES string of the molecule is CC#Cc1nnc(-c2cc(N)c(F)cc2C)cc1N1CCOCC1. The third-order valence-corrected chi connectivity index (χ3v) is 3.99. The van der Waals surface area contributed by atoms with Crippen LogP contribution in [0.5, 0.6) is 0 Å². The van der Waals surface area contributed by atoms with Gasteiger partial charge in [-0.3, -0.25) is 0 Å². The molecule has 5 nitrogen and oxygen atoms in total. The molecule has 0 atom stereocenters. The maximum atomic E-state index is 13.6. The van der Waals surface area contributed by atoms with Crippen molar-refractivity contribution in [1.82, 2.24) is 10.2 Å². The van der Waals surface area contributed by atoms with Crippen LogP contribution in [0.4, 0.5) is 15.8 Å². The molecule has 2 aromatic rings. The van der Waals surface area contributed by atoms with Gasteiger partial charge in [0.1, 0.15) is 5.82 Å². The van der Waals surface area contributed by atoms with E-state index in [0.717, 1.165) is 29.9 Å². The van der Waals surface area contributed by atoms with Gasteiger partial charge < -0.3 is 15.4 Å². The van der Waals surface area contributed by atoms with E-state index < -0.39 is 5.82 Å². The monoisotopic (exact) mass is 326 g/mol. The topological polar surface area (TPSA) is 64.3 Å². The zero-order chi connectivity index (χ0) is 17.1. The number of morpholine rings is 1. The molecule has 1 fully saturated rings. The highest BCUT2D eigenvalue weighted by atomic mass is 19.1. The van der Waals surface area contributed by atoms with E-state index >= 15 is 0 Å². The summed E-state index contributed by atoms with van der Waals surface area (Å²) in [5.74, 6) is 5.44. The molecule has 2 heterocycles. The molecule has 1 saturated heterocycles. The first kappa shape index (κ1) is 16.2. The van der Waals surface area contributed by atoms with Crippen molar-refractivity contribution in [3.63, 3.8) is 0 Å². The molecule has 0 radical (unpaired) electrons. The Kier molecular flexibility index (Phi) is 4.63. The third-order valence-electron chi connectivity index (χ3n) is 3.99. The van der Waals surface area contributed by atoms with Gasteiger partial charge in [0.05, 0.1) is 30.3 Å². The number of halogens is 1. The van der Waals surface area contributed by atoms with Crippen LogP contribution in [0.2, 0.25) is 0 Å². The van der Waals surface area contributed by atoms with Crippen LogP contribution in [0.1, 0.15) is 18.2 Å². The van der Waals surface area contributed by atoms with Crippen LogP contribution >= 0.6 is 0 Å². The fraction of sp³-hybridized carbons (Fsp3) is 0.333. The number of aromatic nitrogens is 2. The smallest absolute Gasteiger partial charge is 0.159 e. The second kappa shape index (κ2) is 6.85. The highest BCUT2D eigenvalue weighted by Gasteiger charge is 2.18. The van der Waals surface area contributed by atoms with Gasteiger partial charge in [-0.15, -0.1) is 10.2 Å². The number of hydrogen-bond donors (Lipinski definition) is 1. The first-order valence-electron chi connectivity index (χ1n) is 7.79. The summed E-state index contributed by atoms with van der Waals surface area (Å²) in [5.41, 5.74) is 9.55. The first-order valence-corrected chi connectivity index (χ1v) is 7.79. The Labute approximate surface area is 140 Å². The third kappa shape index (κ3) is 3.17. The zero-order valence-corrected chi connectivity index (χ0v) is 13.8. The van der Waals surface area contributed by atoms with Crippen LogP contribution in [0.25, 0.3) is 11.3 Å². The second-order valence-corrected chi connectivity index (χ2v) is 5.63. The normalized spacial score (nSPS) is 14.2. The molecule has 1 aliphatic rings. The Morgan fingerprint density at radius 1 is 1.21 bits per heavy atom. The van der Waals surface area contributed by atoms with E-state index in [0.29, 0.717) is 24.6 Å². The van der Waals surface area contributed by atoms with Gasteiger partial charge in [0.25, 0.3) is 0 Å². The van der Waals surface area contributed by atoms with Crippen LogP contribution in [0.3, 0.4) is 0 Å². The Balaban J connectivity index is 2.09. The lowest BCUT2D eigenvalue weighted by Crippen LogP contribution is -2.36. The second-order valence-electron chi connectivity index (χ2n) is 5.63. The van der Waals surface area contributed by atoms with Gasteiger partial charge >= 0.3 is 0 Å². The molecule has 0 unspecified atom stereocenters. The molecule has 0 aliphatic carbocycles. The summed E-state index contributed by atoms with van der Waals surface area (Å²) in [5, 5.41) is 8.54. The molecule has 0 spiro atoms. The lowest BCUT2D eigenvalue weighted by Gasteiger charge is -2.29. The van der Waals surface area contributed by atoms with Crippen molar-refractivity contribution in [1.29, 1.82) is 0 Å². The summed E-state index contributed by atoms with van der Waals surface area (Å²) in [6.07, 6.45) is 0. The fourth-order valence-electron chi connectivity index (χ4n) is 2.73. The van der Waals surface area contributed by atoms with E-state index in [1.165, 1.54) is 6.07 Å². The molecule has 124 valence electrons. The average Bonchev–Trinajstić information content (AvgIpc) is 2.60.